The maximum Gasteiger partial charge on any atom is 1.00 e. The van der Waals surface area contributed by atoms with Gasteiger partial charge in [-0.25, -0.2) is 0 Å². The lowest BCUT2D eigenvalue weighted by Crippen LogP contribution is -3.00. The van der Waals surface area contributed by atoms with Gasteiger partial charge in [-0.3, -0.25) is 0 Å². The van der Waals surface area contributed by atoms with Gasteiger partial charge in [0.25, 0.3) is 0 Å². The van der Waals surface area contributed by atoms with Crippen LogP contribution >= 0.6 is 0 Å². The summed E-state index contributed by atoms with van der Waals surface area (Å²) in [5, 5.41) is 21.2. The van der Waals surface area contributed by atoms with Crippen LogP contribution in [0.25, 0.3) is 0 Å². The molecule has 0 spiro atoms. The van der Waals surface area contributed by atoms with Gasteiger partial charge >= 0.3 is 1.43 Å². The molecule has 70 valence electrons. The molecule has 1 fully saturated rings. The van der Waals surface area contributed by atoms with Gasteiger partial charge in [-0.15, -0.1) is 0 Å². The van der Waals surface area contributed by atoms with E-state index in [1.165, 1.54) is 0 Å². The number of hydrogen-bond donors (Lipinski definition) is 3. The standard InChI is InChI=1S/C8H13NO2.ClH/c10-7-1-2-8(11)3-5-9-6-4-8;/h9-11H,3-7H2;1H. The minimum atomic E-state index is -0.853. The van der Waals surface area contributed by atoms with Crippen LogP contribution < -0.4 is 17.7 Å². The molecule has 1 saturated heterocycles. The molecular formula is C8H14ClNO2. The lowest BCUT2D eigenvalue weighted by atomic mass is 9.93. The van der Waals surface area contributed by atoms with Gasteiger partial charge in [0, 0.05) is 0 Å². The van der Waals surface area contributed by atoms with Crippen molar-refractivity contribution in [2.75, 3.05) is 19.7 Å². The van der Waals surface area contributed by atoms with E-state index >= 15 is 0 Å². The van der Waals surface area contributed by atoms with Crippen molar-refractivity contribution in [1.29, 1.82) is 0 Å². The topological polar surface area (TPSA) is 52.5 Å². The van der Waals surface area contributed by atoms with E-state index in [1.54, 1.807) is 0 Å². The van der Waals surface area contributed by atoms with Crippen LogP contribution in [0.5, 0.6) is 0 Å². The molecule has 3 nitrogen and oxygen atoms in total. The second kappa shape index (κ2) is 5.39. The Morgan fingerprint density at radius 1 is 1.42 bits per heavy atom. The molecule has 1 rings (SSSR count). The number of rotatable bonds is 0. The third kappa shape index (κ3) is 3.42. The fourth-order valence-electron chi connectivity index (χ4n) is 1.17. The molecule has 0 atom stereocenters. The summed E-state index contributed by atoms with van der Waals surface area (Å²) in [6.07, 6.45) is 1.31. The molecule has 0 amide bonds. The largest absolute Gasteiger partial charge is 1.00 e. The smallest absolute Gasteiger partial charge is 1.00 e. The van der Waals surface area contributed by atoms with E-state index < -0.39 is 5.60 Å². The van der Waals surface area contributed by atoms with E-state index in [4.69, 9.17) is 5.11 Å². The van der Waals surface area contributed by atoms with Crippen molar-refractivity contribution < 1.29 is 24.0 Å². The Morgan fingerprint density at radius 2 is 2.00 bits per heavy atom. The molecule has 0 aromatic rings. The highest BCUT2D eigenvalue weighted by Gasteiger charge is 2.26. The molecule has 3 N–H and O–H groups in total. The molecule has 0 aliphatic carbocycles. The zero-order chi connectivity index (χ0) is 8.16. The monoisotopic (exact) mass is 191 g/mol. The van der Waals surface area contributed by atoms with Gasteiger partial charge in [-0.05, 0) is 25.9 Å². The summed E-state index contributed by atoms with van der Waals surface area (Å²) >= 11 is 0. The Bertz CT molecular complexity index is 184. The van der Waals surface area contributed by atoms with Crippen LogP contribution in [0.1, 0.15) is 14.3 Å². The van der Waals surface area contributed by atoms with Crippen molar-refractivity contribution in [1.82, 2.24) is 5.32 Å². The minimum Gasteiger partial charge on any atom is -1.00 e. The Morgan fingerprint density at radius 3 is 2.50 bits per heavy atom. The van der Waals surface area contributed by atoms with Gasteiger partial charge in [0.1, 0.15) is 12.2 Å². The molecule has 0 bridgehead atoms. The quantitative estimate of drug-likeness (QED) is 0.345. The van der Waals surface area contributed by atoms with Crippen LogP contribution in [-0.4, -0.2) is 35.5 Å². The van der Waals surface area contributed by atoms with E-state index in [2.05, 4.69) is 17.2 Å². The molecule has 1 heterocycles. The minimum absolute atomic E-state index is 0. The van der Waals surface area contributed by atoms with Gasteiger partial charge in [0.15, 0.2) is 0 Å². The van der Waals surface area contributed by atoms with E-state index in [1.807, 2.05) is 0 Å². The summed E-state index contributed by atoms with van der Waals surface area (Å²) < 4.78 is 0. The maximum atomic E-state index is 9.68. The Kier molecular flexibility index (Phi) is 5.27. The molecular weight excluding hydrogens is 178 g/mol. The molecule has 0 aromatic carbocycles. The van der Waals surface area contributed by atoms with Crippen LogP contribution in [0.15, 0.2) is 0 Å². The summed E-state index contributed by atoms with van der Waals surface area (Å²) in [5.41, 5.74) is -0.853. The molecule has 1 aliphatic rings. The first-order valence-electron chi connectivity index (χ1n) is 3.81. The highest BCUT2D eigenvalue weighted by molar-refractivity contribution is 5.15. The molecule has 12 heavy (non-hydrogen) atoms. The number of aliphatic hydroxyl groups excluding tert-OH is 1. The lowest BCUT2D eigenvalue weighted by Gasteiger charge is -2.27. The van der Waals surface area contributed by atoms with Gasteiger partial charge in [-0.2, -0.15) is 0 Å². The molecule has 0 unspecified atom stereocenters. The van der Waals surface area contributed by atoms with Gasteiger partial charge in [0.2, 0.25) is 0 Å². The van der Waals surface area contributed by atoms with Crippen LogP contribution in [0, 0.1) is 11.8 Å². The second-order valence-corrected chi connectivity index (χ2v) is 2.74. The van der Waals surface area contributed by atoms with E-state index in [9.17, 15) is 5.11 Å². The summed E-state index contributed by atoms with van der Waals surface area (Å²) in [7, 11) is 0. The number of nitrogens with one attached hydrogen (secondary N) is 1. The summed E-state index contributed by atoms with van der Waals surface area (Å²) in [6, 6.07) is 0. The van der Waals surface area contributed by atoms with Crippen LogP contribution in [0.4, 0.5) is 0 Å². The molecule has 0 radical (unpaired) electrons. The maximum absolute atomic E-state index is 9.68. The van der Waals surface area contributed by atoms with Gasteiger partial charge in [-0.1, -0.05) is 11.8 Å². The zero-order valence-corrected chi connectivity index (χ0v) is 7.56. The lowest BCUT2D eigenvalue weighted by molar-refractivity contribution is -0.00000983. The third-order valence-electron chi connectivity index (χ3n) is 1.83. The predicted molar refractivity (Wildman–Crippen MR) is 43.0 cm³/mol. The number of piperidine rings is 1. The fraction of sp³-hybridized carbons (Fsp3) is 0.750. The average molecular weight is 192 g/mol. The van der Waals surface area contributed by atoms with Crippen molar-refractivity contribution in [3.05, 3.63) is 0 Å². The van der Waals surface area contributed by atoms with E-state index in [0.29, 0.717) is 12.8 Å². The fourth-order valence-corrected chi connectivity index (χ4v) is 1.17. The Balaban J connectivity index is 0. The van der Waals surface area contributed by atoms with Crippen molar-refractivity contribution in [2.24, 2.45) is 0 Å². The van der Waals surface area contributed by atoms with Crippen molar-refractivity contribution in [3.63, 3.8) is 0 Å². The predicted octanol–water partition coefficient (Wildman–Crippen LogP) is -3.79. The van der Waals surface area contributed by atoms with Crippen LogP contribution in [0.3, 0.4) is 0 Å². The first-order valence-corrected chi connectivity index (χ1v) is 3.81. The van der Waals surface area contributed by atoms with Gasteiger partial charge < -0.3 is 27.9 Å². The molecule has 0 saturated carbocycles. The highest BCUT2D eigenvalue weighted by Crippen LogP contribution is 2.15. The first-order chi connectivity index (χ1) is 5.27. The highest BCUT2D eigenvalue weighted by atomic mass is 35.5. The van der Waals surface area contributed by atoms with E-state index in [0.717, 1.165) is 13.1 Å². The van der Waals surface area contributed by atoms with Gasteiger partial charge in [0.05, 0.1) is 0 Å². The summed E-state index contributed by atoms with van der Waals surface area (Å²) in [5.74, 6) is 5.15. The molecule has 4 heteroatoms. The Labute approximate surface area is 80.1 Å². The van der Waals surface area contributed by atoms with E-state index in [-0.39, 0.29) is 20.4 Å². The van der Waals surface area contributed by atoms with Crippen LogP contribution in [0.2, 0.25) is 0 Å². The zero-order valence-electron chi connectivity index (χ0n) is 7.81. The average Bonchev–Trinajstić information content (AvgIpc) is 2.03. The number of hydrogen-bond acceptors (Lipinski definition) is 3. The Hall–Kier alpha value is -0.270. The SMILES string of the molecule is OCC#CC1(O)CCNCC1.[Cl-].[H+]. The normalized spacial score (nSPS) is 20.2. The van der Waals surface area contributed by atoms with Crippen molar-refractivity contribution in [2.45, 2.75) is 18.4 Å². The summed E-state index contributed by atoms with van der Waals surface area (Å²) in [6.45, 7) is 1.43. The second-order valence-electron chi connectivity index (χ2n) is 2.74. The first kappa shape index (κ1) is 11.7. The number of aliphatic hydroxyl groups is 2. The number of halogens is 1. The molecule has 0 aromatic heterocycles. The summed E-state index contributed by atoms with van der Waals surface area (Å²) in [4.78, 5) is 0. The third-order valence-corrected chi connectivity index (χ3v) is 1.83. The van der Waals surface area contributed by atoms with Crippen LogP contribution in [-0.2, 0) is 0 Å². The van der Waals surface area contributed by atoms with Crippen molar-refractivity contribution in [3.8, 4) is 11.8 Å². The molecule has 1 aliphatic heterocycles. The van der Waals surface area contributed by atoms with Crippen molar-refractivity contribution >= 4 is 0 Å².